The van der Waals surface area contributed by atoms with Crippen LogP contribution in [0.5, 0.6) is 11.5 Å². The van der Waals surface area contributed by atoms with Crippen LogP contribution < -0.4 is 9.47 Å². The van der Waals surface area contributed by atoms with Crippen molar-refractivity contribution >= 4 is 15.9 Å². The molecule has 0 spiro atoms. The molecule has 0 radical (unpaired) electrons. The number of methoxy groups -OCH3 is 2. The van der Waals surface area contributed by atoms with E-state index in [-0.39, 0.29) is 10.6 Å². The summed E-state index contributed by atoms with van der Waals surface area (Å²) in [6, 6.07) is 1.41. The summed E-state index contributed by atoms with van der Waals surface area (Å²) >= 11 is 3.57. The summed E-state index contributed by atoms with van der Waals surface area (Å²) in [5, 5.41) is 0. The number of fused-ring (bicyclic) bond motifs is 1. The van der Waals surface area contributed by atoms with Crippen LogP contribution in [0.15, 0.2) is 6.07 Å². The van der Waals surface area contributed by atoms with Gasteiger partial charge in [-0.3, -0.25) is 0 Å². The maximum absolute atomic E-state index is 13.9. The molecule has 88 valence electrons. The lowest BCUT2D eigenvalue weighted by molar-refractivity contribution is 0.345. The van der Waals surface area contributed by atoms with Gasteiger partial charge in [0.15, 0.2) is 11.5 Å². The Balaban J connectivity index is 2.65. The van der Waals surface area contributed by atoms with Gasteiger partial charge in [-0.2, -0.15) is 0 Å². The van der Waals surface area contributed by atoms with Crippen LogP contribution in [0.3, 0.4) is 0 Å². The van der Waals surface area contributed by atoms with Crippen molar-refractivity contribution in [2.45, 2.75) is 24.1 Å². The molecule has 2 nitrogen and oxygen atoms in total. The van der Waals surface area contributed by atoms with Crippen molar-refractivity contribution in [3.8, 4) is 11.5 Å². The molecule has 4 heteroatoms. The summed E-state index contributed by atoms with van der Waals surface area (Å²) in [6.07, 6.45) is 2.76. The third kappa shape index (κ3) is 1.79. The largest absolute Gasteiger partial charge is 0.493 e. The van der Waals surface area contributed by atoms with E-state index >= 15 is 0 Å². The van der Waals surface area contributed by atoms with Gasteiger partial charge in [0.1, 0.15) is 5.82 Å². The molecule has 0 amide bonds. The van der Waals surface area contributed by atoms with Gasteiger partial charge < -0.3 is 9.47 Å². The molecule has 1 aliphatic rings. The van der Waals surface area contributed by atoms with Crippen molar-refractivity contribution in [3.05, 3.63) is 23.0 Å². The van der Waals surface area contributed by atoms with Crippen LogP contribution in [-0.4, -0.2) is 14.2 Å². The Kier molecular flexibility index (Phi) is 3.38. The summed E-state index contributed by atoms with van der Waals surface area (Å²) in [6.45, 7) is 0. The molecular weight excluding hydrogens is 275 g/mol. The minimum atomic E-state index is -0.197. The summed E-state index contributed by atoms with van der Waals surface area (Å²) in [7, 11) is 3.11. The lowest BCUT2D eigenvalue weighted by atomic mass is 9.90. The van der Waals surface area contributed by atoms with E-state index in [9.17, 15) is 4.39 Å². The smallest absolute Gasteiger partial charge is 0.165 e. The van der Waals surface area contributed by atoms with E-state index in [0.717, 1.165) is 30.4 Å². The van der Waals surface area contributed by atoms with Crippen LogP contribution in [0, 0.1) is 5.82 Å². The Morgan fingerprint density at radius 1 is 1.38 bits per heavy atom. The van der Waals surface area contributed by atoms with Crippen LogP contribution >= 0.6 is 15.9 Å². The Labute approximate surface area is 103 Å². The third-order valence-electron chi connectivity index (χ3n) is 2.96. The van der Waals surface area contributed by atoms with E-state index in [0.29, 0.717) is 11.5 Å². The first-order valence-electron chi connectivity index (χ1n) is 5.26. The van der Waals surface area contributed by atoms with Crippen molar-refractivity contribution in [1.29, 1.82) is 0 Å². The second kappa shape index (κ2) is 4.62. The predicted molar refractivity (Wildman–Crippen MR) is 64.1 cm³/mol. The van der Waals surface area contributed by atoms with E-state index in [1.807, 2.05) is 0 Å². The monoisotopic (exact) mass is 288 g/mol. The number of hydrogen-bond acceptors (Lipinski definition) is 2. The van der Waals surface area contributed by atoms with E-state index in [1.54, 1.807) is 7.11 Å². The molecule has 0 saturated heterocycles. The predicted octanol–water partition coefficient (Wildman–Crippen LogP) is 3.62. The molecule has 0 bridgehead atoms. The van der Waals surface area contributed by atoms with E-state index < -0.39 is 0 Å². The average molecular weight is 289 g/mol. The molecule has 1 atom stereocenters. The minimum absolute atomic E-state index is 0.149. The second-order valence-corrected chi connectivity index (χ2v) is 4.95. The Morgan fingerprint density at radius 2 is 2.12 bits per heavy atom. The maximum atomic E-state index is 13.9. The average Bonchev–Trinajstić information content (AvgIpc) is 2.29. The summed E-state index contributed by atoms with van der Waals surface area (Å²) in [5.74, 6) is 0.919. The van der Waals surface area contributed by atoms with Gasteiger partial charge in [0.25, 0.3) is 0 Å². The van der Waals surface area contributed by atoms with Gasteiger partial charge in [0.05, 0.1) is 14.2 Å². The molecule has 1 aromatic carbocycles. The number of benzene rings is 1. The Morgan fingerprint density at radius 3 is 2.75 bits per heavy atom. The van der Waals surface area contributed by atoms with E-state index in [2.05, 4.69) is 15.9 Å². The SMILES string of the molecule is COc1cc(F)c2c(c1OC)C(Br)CCC2. The first kappa shape index (κ1) is 11.7. The van der Waals surface area contributed by atoms with Gasteiger partial charge in [-0.05, 0) is 24.8 Å². The molecule has 2 rings (SSSR count). The number of alkyl halides is 1. The highest BCUT2D eigenvalue weighted by Gasteiger charge is 2.27. The van der Waals surface area contributed by atoms with Crippen molar-refractivity contribution in [2.24, 2.45) is 0 Å². The van der Waals surface area contributed by atoms with Crippen LogP contribution in [0.1, 0.15) is 28.8 Å². The zero-order valence-electron chi connectivity index (χ0n) is 9.35. The van der Waals surface area contributed by atoms with Gasteiger partial charge in [-0.15, -0.1) is 0 Å². The summed E-state index contributed by atoms with van der Waals surface area (Å²) < 4.78 is 24.3. The first-order valence-corrected chi connectivity index (χ1v) is 6.18. The zero-order chi connectivity index (χ0) is 11.7. The van der Waals surface area contributed by atoms with Crippen molar-refractivity contribution < 1.29 is 13.9 Å². The van der Waals surface area contributed by atoms with Crippen LogP contribution in [0.4, 0.5) is 4.39 Å². The zero-order valence-corrected chi connectivity index (χ0v) is 10.9. The van der Waals surface area contributed by atoms with Gasteiger partial charge in [-0.25, -0.2) is 4.39 Å². The maximum Gasteiger partial charge on any atom is 0.165 e. The number of ether oxygens (including phenoxy) is 2. The summed E-state index contributed by atoms with van der Waals surface area (Å²) in [4.78, 5) is 0.149. The molecule has 0 aliphatic heterocycles. The Hall–Kier alpha value is -0.770. The Bertz CT molecular complexity index is 406. The molecule has 1 aliphatic carbocycles. The molecule has 0 heterocycles. The lowest BCUT2D eigenvalue weighted by Gasteiger charge is -2.25. The lowest BCUT2D eigenvalue weighted by Crippen LogP contribution is -2.10. The molecule has 0 aromatic heterocycles. The number of hydrogen-bond donors (Lipinski definition) is 0. The minimum Gasteiger partial charge on any atom is -0.493 e. The van der Waals surface area contributed by atoms with Gasteiger partial charge in [0, 0.05) is 16.5 Å². The highest BCUT2D eigenvalue weighted by atomic mass is 79.9. The molecule has 0 fully saturated rings. The van der Waals surface area contributed by atoms with Gasteiger partial charge in [-0.1, -0.05) is 15.9 Å². The highest BCUT2D eigenvalue weighted by molar-refractivity contribution is 9.09. The molecule has 1 unspecified atom stereocenters. The molecule has 0 saturated carbocycles. The van der Waals surface area contributed by atoms with Crippen LogP contribution in [0.25, 0.3) is 0 Å². The second-order valence-electron chi connectivity index (χ2n) is 3.85. The standard InChI is InChI=1S/C12H14BrFO2/c1-15-10-6-9(14)7-4-3-5-8(13)11(7)12(10)16-2/h6,8H,3-5H2,1-2H3. The van der Waals surface area contributed by atoms with Crippen LogP contribution in [0.2, 0.25) is 0 Å². The fourth-order valence-electron chi connectivity index (χ4n) is 2.22. The third-order valence-corrected chi connectivity index (χ3v) is 3.88. The van der Waals surface area contributed by atoms with E-state index in [1.165, 1.54) is 13.2 Å². The quantitative estimate of drug-likeness (QED) is 0.774. The van der Waals surface area contributed by atoms with Crippen molar-refractivity contribution in [2.75, 3.05) is 14.2 Å². The number of rotatable bonds is 2. The fraction of sp³-hybridized carbons (Fsp3) is 0.500. The molecular formula is C12H14BrFO2. The highest BCUT2D eigenvalue weighted by Crippen LogP contribution is 2.46. The number of halogens is 2. The van der Waals surface area contributed by atoms with E-state index in [4.69, 9.17) is 9.47 Å². The van der Waals surface area contributed by atoms with Gasteiger partial charge >= 0.3 is 0 Å². The molecule has 1 aromatic rings. The summed E-state index contributed by atoms with van der Waals surface area (Å²) in [5.41, 5.74) is 1.66. The fourth-order valence-corrected chi connectivity index (χ4v) is 3.02. The topological polar surface area (TPSA) is 18.5 Å². The van der Waals surface area contributed by atoms with Gasteiger partial charge in [0.2, 0.25) is 0 Å². The molecule has 16 heavy (non-hydrogen) atoms. The first-order chi connectivity index (χ1) is 7.69. The van der Waals surface area contributed by atoms with Crippen molar-refractivity contribution in [1.82, 2.24) is 0 Å². The van der Waals surface area contributed by atoms with Crippen LogP contribution in [-0.2, 0) is 6.42 Å². The van der Waals surface area contributed by atoms with Crippen molar-refractivity contribution in [3.63, 3.8) is 0 Å². The molecule has 0 N–H and O–H groups in total. The normalized spacial score (nSPS) is 19.1.